The molecule has 1 fully saturated rings. The molecular weight excluding hydrogens is 460 g/mol. The molecule has 9 nitrogen and oxygen atoms in total. The lowest BCUT2D eigenvalue weighted by atomic mass is 10.0. The molecule has 4 heterocycles. The van der Waals surface area contributed by atoms with E-state index in [1.54, 1.807) is 10.6 Å². The highest BCUT2D eigenvalue weighted by Gasteiger charge is 2.29. The minimum absolute atomic E-state index is 0.0560. The largest absolute Gasteiger partial charge is 0.453 e. The SMILES string of the molecule is COC(=O)N1CCO[C@@H](Cc2c(-c3c(F)cc(-n4cc[nH]c4=O)cc3F)nc3cc(C)ccn23)C1. The monoisotopic (exact) mass is 483 g/mol. The Morgan fingerprint density at radius 2 is 2.03 bits per heavy atom. The van der Waals surface area contributed by atoms with Crippen molar-refractivity contribution < 1.29 is 23.0 Å². The number of pyridine rings is 1. The number of carbonyl (C=O) groups is 1. The van der Waals surface area contributed by atoms with Crippen LogP contribution in [0, 0.1) is 18.6 Å². The molecular formula is C24H23F2N5O4. The number of methoxy groups -OCH3 is 1. The number of imidazole rings is 2. The molecule has 11 heteroatoms. The van der Waals surface area contributed by atoms with Gasteiger partial charge in [-0.15, -0.1) is 0 Å². The summed E-state index contributed by atoms with van der Waals surface area (Å²) in [6.45, 7) is 2.88. The van der Waals surface area contributed by atoms with Crippen molar-refractivity contribution in [2.75, 3.05) is 26.8 Å². The van der Waals surface area contributed by atoms with Crippen molar-refractivity contribution in [2.24, 2.45) is 0 Å². The number of hydrogen-bond donors (Lipinski definition) is 1. The van der Waals surface area contributed by atoms with Gasteiger partial charge >= 0.3 is 11.8 Å². The zero-order chi connectivity index (χ0) is 24.7. The maximum atomic E-state index is 15.4. The first kappa shape index (κ1) is 22.8. The number of benzene rings is 1. The van der Waals surface area contributed by atoms with Crippen LogP contribution in [0.25, 0.3) is 22.6 Å². The Hall–Kier alpha value is -3.99. The van der Waals surface area contributed by atoms with Gasteiger partial charge in [0.1, 0.15) is 17.3 Å². The molecule has 0 aliphatic carbocycles. The van der Waals surface area contributed by atoms with E-state index in [0.717, 1.165) is 22.3 Å². The molecule has 1 atom stereocenters. The Balaban J connectivity index is 1.59. The molecule has 5 rings (SSSR count). The maximum Gasteiger partial charge on any atom is 0.409 e. The average molecular weight is 483 g/mol. The molecule has 182 valence electrons. The minimum Gasteiger partial charge on any atom is -0.453 e. The molecule has 1 aliphatic heterocycles. The molecule has 1 N–H and O–H groups in total. The molecule has 0 radical (unpaired) electrons. The Morgan fingerprint density at radius 1 is 1.26 bits per heavy atom. The fourth-order valence-electron chi connectivity index (χ4n) is 4.39. The number of H-pyrrole nitrogens is 1. The first-order valence-electron chi connectivity index (χ1n) is 11.0. The highest BCUT2D eigenvalue weighted by atomic mass is 19.1. The number of aromatic nitrogens is 4. The summed E-state index contributed by atoms with van der Waals surface area (Å²) < 4.78 is 44.3. The number of fused-ring (bicyclic) bond motifs is 1. The smallest absolute Gasteiger partial charge is 0.409 e. The van der Waals surface area contributed by atoms with Crippen molar-refractivity contribution in [3.8, 4) is 16.9 Å². The molecule has 1 aliphatic rings. The van der Waals surface area contributed by atoms with E-state index >= 15 is 8.78 Å². The van der Waals surface area contributed by atoms with E-state index in [1.165, 1.54) is 24.4 Å². The topological polar surface area (TPSA) is 93.9 Å². The van der Waals surface area contributed by atoms with Gasteiger partial charge in [-0.1, -0.05) is 0 Å². The van der Waals surface area contributed by atoms with Crippen LogP contribution in [0.4, 0.5) is 13.6 Å². The van der Waals surface area contributed by atoms with Gasteiger partial charge in [-0.2, -0.15) is 0 Å². The first-order valence-corrected chi connectivity index (χ1v) is 11.0. The summed E-state index contributed by atoms with van der Waals surface area (Å²) in [6, 6.07) is 5.89. The number of nitrogens with one attached hydrogen (secondary N) is 1. The number of aryl methyl sites for hydroxylation is 1. The summed E-state index contributed by atoms with van der Waals surface area (Å²) in [6.07, 6.45) is 3.94. The van der Waals surface area contributed by atoms with Crippen molar-refractivity contribution >= 4 is 11.7 Å². The van der Waals surface area contributed by atoms with Crippen LogP contribution in [0.1, 0.15) is 11.3 Å². The molecule has 0 unspecified atom stereocenters. The van der Waals surface area contributed by atoms with E-state index in [-0.39, 0.29) is 29.9 Å². The summed E-state index contributed by atoms with van der Waals surface area (Å²) in [4.78, 5) is 32.4. The van der Waals surface area contributed by atoms with Crippen LogP contribution in [0.15, 0.2) is 47.7 Å². The Labute approximate surface area is 198 Å². The predicted octanol–water partition coefficient (Wildman–Crippen LogP) is 3.08. The summed E-state index contributed by atoms with van der Waals surface area (Å²) in [5.74, 6) is -1.70. The number of hydrogen-bond acceptors (Lipinski definition) is 5. The van der Waals surface area contributed by atoms with Crippen LogP contribution in [0.2, 0.25) is 0 Å². The number of aromatic amines is 1. The zero-order valence-corrected chi connectivity index (χ0v) is 19.1. The summed E-state index contributed by atoms with van der Waals surface area (Å²) in [5.41, 5.74) is 1.40. The van der Waals surface area contributed by atoms with Gasteiger partial charge in [-0.3, -0.25) is 4.57 Å². The Bertz CT molecular complexity index is 1450. The number of morpholine rings is 1. The molecule has 0 saturated carbocycles. The van der Waals surface area contributed by atoms with Crippen LogP contribution >= 0.6 is 0 Å². The first-order chi connectivity index (χ1) is 16.9. The van der Waals surface area contributed by atoms with Gasteiger partial charge in [0.25, 0.3) is 0 Å². The van der Waals surface area contributed by atoms with Crippen LogP contribution in [-0.2, 0) is 15.9 Å². The van der Waals surface area contributed by atoms with Gasteiger partial charge in [0, 0.05) is 31.6 Å². The van der Waals surface area contributed by atoms with E-state index in [0.29, 0.717) is 24.5 Å². The number of amides is 1. The Morgan fingerprint density at radius 3 is 2.71 bits per heavy atom. The van der Waals surface area contributed by atoms with Crippen LogP contribution in [0.5, 0.6) is 0 Å². The number of ether oxygens (including phenoxy) is 2. The normalized spacial score (nSPS) is 16.1. The molecule has 3 aromatic heterocycles. The third kappa shape index (κ3) is 4.18. The summed E-state index contributed by atoms with van der Waals surface area (Å²) in [5, 5.41) is 0. The average Bonchev–Trinajstić information content (AvgIpc) is 3.41. The highest BCUT2D eigenvalue weighted by Crippen LogP contribution is 2.32. The van der Waals surface area contributed by atoms with Gasteiger partial charge in [-0.05, 0) is 36.8 Å². The molecule has 35 heavy (non-hydrogen) atoms. The van der Waals surface area contributed by atoms with E-state index < -0.39 is 29.5 Å². The third-order valence-electron chi connectivity index (χ3n) is 6.06. The van der Waals surface area contributed by atoms with Gasteiger partial charge in [0.2, 0.25) is 0 Å². The van der Waals surface area contributed by atoms with E-state index in [2.05, 4.69) is 9.97 Å². The maximum absolute atomic E-state index is 15.4. The van der Waals surface area contributed by atoms with E-state index in [9.17, 15) is 9.59 Å². The lowest BCUT2D eigenvalue weighted by molar-refractivity contribution is -0.0241. The lowest BCUT2D eigenvalue weighted by Gasteiger charge is -2.32. The second-order valence-electron chi connectivity index (χ2n) is 8.37. The van der Waals surface area contributed by atoms with Crippen LogP contribution in [0.3, 0.4) is 0 Å². The fourth-order valence-corrected chi connectivity index (χ4v) is 4.39. The number of carbonyl (C=O) groups excluding carboxylic acids is 1. The van der Waals surface area contributed by atoms with Gasteiger partial charge < -0.3 is 23.8 Å². The van der Waals surface area contributed by atoms with Crippen molar-refractivity contribution in [3.05, 3.63) is 76.2 Å². The minimum atomic E-state index is -0.852. The second-order valence-corrected chi connectivity index (χ2v) is 8.37. The van der Waals surface area contributed by atoms with Crippen LogP contribution < -0.4 is 5.69 Å². The zero-order valence-electron chi connectivity index (χ0n) is 19.1. The van der Waals surface area contributed by atoms with Crippen molar-refractivity contribution in [1.82, 2.24) is 23.8 Å². The van der Waals surface area contributed by atoms with E-state index in [4.69, 9.17) is 9.47 Å². The molecule has 0 spiro atoms. The fraction of sp³-hybridized carbons (Fsp3) is 0.292. The third-order valence-corrected chi connectivity index (χ3v) is 6.06. The predicted molar refractivity (Wildman–Crippen MR) is 123 cm³/mol. The number of halogens is 2. The highest BCUT2D eigenvalue weighted by molar-refractivity contribution is 5.70. The number of nitrogens with zero attached hydrogens (tertiary/aromatic N) is 4. The van der Waals surface area contributed by atoms with Crippen molar-refractivity contribution in [2.45, 2.75) is 19.4 Å². The van der Waals surface area contributed by atoms with Gasteiger partial charge in [0.05, 0.1) is 49.0 Å². The summed E-state index contributed by atoms with van der Waals surface area (Å²) in [7, 11) is 1.31. The molecule has 1 aromatic carbocycles. The van der Waals surface area contributed by atoms with Gasteiger partial charge in [-0.25, -0.2) is 23.4 Å². The van der Waals surface area contributed by atoms with E-state index in [1.807, 2.05) is 19.1 Å². The molecule has 4 aromatic rings. The molecule has 1 amide bonds. The van der Waals surface area contributed by atoms with Gasteiger partial charge in [0.15, 0.2) is 0 Å². The standard InChI is InChI=1S/C24H23F2N5O4/c1-14-3-5-31-19(12-16-13-29(7-8-35-16)24(33)34-2)22(28-20(31)9-14)21-17(25)10-15(11-18(21)26)30-6-4-27-23(30)32/h3-6,9-11,16H,7-8,12-13H2,1-2H3,(H,27,32)/t16-/m0/s1. The Kier molecular flexibility index (Phi) is 5.85. The second kappa shape index (κ2) is 8.99. The van der Waals surface area contributed by atoms with Crippen molar-refractivity contribution in [1.29, 1.82) is 0 Å². The molecule has 1 saturated heterocycles. The summed E-state index contributed by atoms with van der Waals surface area (Å²) >= 11 is 0. The lowest BCUT2D eigenvalue weighted by Crippen LogP contribution is -2.46. The van der Waals surface area contributed by atoms with Crippen LogP contribution in [-0.4, -0.2) is 62.8 Å². The quantitative estimate of drug-likeness (QED) is 0.482. The van der Waals surface area contributed by atoms with Crippen molar-refractivity contribution in [3.63, 3.8) is 0 Å². The molecule has 0 bridgehead atoms. The number of rotatable bonds is 4.